The summed E-state index contributed by atoms with van der Waals surface area (Å²) in [5, 5.41) is 2.25. The van der Waals surface area contributed by atoms with Crippen molar-refractivity contribution in [2.24, 2.45) is 0 Å². The standard InChI is InChI=1S/C37H27N3/c1-37(2)29-20-10-6-16-25(29)33-28-19-9-13-23-32(28)40(35(33)26-17-7-11-21-30(26)37)36-38-31-22-12-8-18-27(31)34(39-36)24-14-4-3-5-15-24/h3-23H,1-2H3. The Kier molecular flexibility index (Phi) is 4.86. The smallest absolute Gasteiger partial charge is 0.235 e. The lowest BCUT2D eigenvalue weighted by Crippen LogP contribution is -2.20. The van der Waals surface area contributed by atoms with E-state index in [-0.39, 0.29) is 5.41 Å². The molecule has 0 saturated heterocycles. The fraction of sp³-hybridized carbons (Fsp3) is 0.0811. The van der Waals surface area contributed by atoms with E-state index in [9.17, 15) is 0 Å². The molecule has 0 radical (unpaired) electrons. The number of hydrogen-bond acceptors (Lipinski definition) is 2. The molecule has 8 rings (SSSR count). The second-order valence-corrected chi connectivity index (χ2v) is 11.0. The van der Waals surface area contributed by atoms with Crippen molar-refractivity contribution in [3.05, 3.63) is 139 Å². The van der Waals surface area contributed by atoms with Crippen LogP contribution in [0.4, 0.5) is 0 Å². The Hall–Kier alpha value is -5.02. The van der Waals surface area contributed by atoms with Gasteiger partial charge in [0.15, 0.2) is 0 Å². The van der Waals surface area contributed by atoms with E-state index in [0.717, 1.165) is 33.4 Å². The number of nitrogens with zero attached hydrogens (tertiary/aromatic N) is 3. The third kappa shape index (κ3) is 3.18. The Balaban J connectivity index is 1.57. The topological polar surface area (TPSA) is 30.7 Å². The van der Waals surface area contributed by atoms with E-state index in [4.69, 9.17) is 9.97 Å². The predicted octanol–water partition coefficient (Wildman–Crippen LogP) is 9.21. The molecule has 0 aliphatic heterocycles. The Morgan fingerprint density at radius 2 is 1.15 bits per heavy atom. The average Bonchev–Trinajstić information content (AvgIpc) is 3.32. The first kappa shape index (κ1) is 22.9. The molecule has 0 fully saturated rings. The lowest BCUT2D eigenvalue weighted by atomic mass is 9.75. The minimum absolute atomic E-state index is 0.183. The summed E-state index contributed by atoms with van der Waals surface area (Å²) in [7, 11) is 0. The van der Waals surface area contributed by atoms with Crippen LogP contribution in [0.3, 0.4) is 0 Å². The maximum atomic E-state index is 5.32. The molecule has 0 amide bonds. The number of fused-ring (bicyclic) bond motifs is 8. The Labute approximate surface area is 233 Å². The van der Waals surface area contributed by atoms with Crippen molar-refractivity contribution >= 4 is 21.8 Å². The Bertz CT molecular complexity index is 2080. The largest absolute Gasteiger partial charge is 0.277 e. The SMILES string of the molecule is CC1(C)c2ccccc2-c2c(n(-c3nc(-c4ccccc4)c4ccccc4n3)c3ccccc23)-c2ccccc21. The summed E-state index contributed by atoms with van der Waals surface area (Å²) in [4.78, 5) is 10.5. The van der Waals surface area contributed by atoms with Gasteiger partial charge in [-0.1, -0.05) is 129 Å². The normalized spacial score (nSPS) is 13.4. The first-order chi connectivity index (χ1) is 19.6. The highest BCUT2D eigenvalue weighted by Gasteiger charge is 2.36. The highest BCUT2D eigenvalue weighted by Crippen LogP contribution is 2.52. The van der Waals surface area contributed by atoms with Crippen LogP contribution in [-0.2, 0) is 5.41 Å². The Morgan fingerprint density at radius 1 is 0.550 bits per heavy atom. The molecule has 0 bridgehead atoms. The van der Waals surface area contributed by atoms with Gasteiger partial charge in [0, 0.05) is 32.9 Å². The minimum atomic E-state index is -0.183. The van der Waals surface area contributed by atoms with Crippen molar-refractivity contribution in [1.29, 1.82) is 0 Å². The van der Waals surface area contributed by atoms with Crippen molar-refractivity contribution in [3.63, 3.8) is 0 Å². The second-order valence-electron chi connectivity index (χ2n) is 11.0. The van der Waals surface area contributed by atoms with Crippen LogP contribution < -0.4 is 0 Å². The van der Waals surface area contributed by atoms with Crippen LogP contribution in [0.15, 0.2) is 127 Å². The molecule has 1 aliphatic carbocycles. The number of aromatic nitrogens is 3. The van der Waals surface area contributed by atoms with Gasteiger partial charge in [0.05, 0.1) is 22.4 Å². The summed E-state index contributed by atoms with van der Waals surface area (Å²) in [5.41, 5.74) is 11.4. The molecule has 7 aromatic rings. The number of benzene rings is 5. The molecule has 0 N–H and O–H groups in total. The molecule has 3 nitrogen and oxygen atoms in total. The summed E-state index contributed by atoms with van der Waals surface area (Å²) >= 11 is 0. The Morgan fingerprint density at radius 3 is 1.95 bits per heavy atom. The van der Waals surface area contributed by atoms with E-state index in [2.05, 4.69) is 140 Å². The molecule has 190 valence electrons. The quantitative estimate of drug-likeness (QED) is 0.231. The lowest BCUT2D eigenvalue weighted by Gasteiger charge is -2.28. The van der Waals surface area contributed by atoms with Crippen LogP contribution in [0, 0.1) is 0 Å². The molecule has 0 saturated carbocycles. The van der Waals surface area contributed by atoms with E-state index in [1.165, 1.54) is 33.2 Å². The molecule has 3 heteroatoms. The maximum Gasteiger partial charge on any atom is 0.235 e. The van der Waals surface area contributed by atoms with Gasteiger partial charge in [-0.3, -0.25) is 4.57 Å². The molecule has 0 spiro atoms. The zero-order valence-corrected chi connectivity index (χ0v) is 22.5. The first-order valence-electron chi connectivity index (χ1n) is 13.8. The third-order valence-corrected chi connectivity index (χ3v) is 8.44. The van der Waals surface area contributed by atoms with Crippen LogP contribution in [0.2, 0.25) is 0 Å². The predicted molar refractivity (Wildman–Crippen MR) is 165 cm³/mol. The molecule has 0 atom stereocenters. The monoisotopic (exact) mass is 513 g/mol. The van der Waals surface area contributed by atoms with E-state index < -0.39 is 0 Å². The lowest BCUT2D eigenvalue weighted by molar-refractivity contribution is 0.646. The molecular weight excluding hydrogens is 486 g/mol. The second kappa shape index (κ2) is 8.49. The zero-order valence-electron chi connectivity index (χ0n) is 22.5. The van der Waals surface area contributed by atoms with Gasteiger partial charge in [0.25, 0.3) is 0 Å². The van der Waals surface area contributed by atoms with Crippen LogP contribution in [0.5, 0.6) is 0 Å². The van der Waals surface area contributed by atoms with Gasteiger partial charge < -0.3 is 0 Å². The minimum Gasteiger partial charge on any atom is -0.277 e. The fourth-order valence-corrected chi connectivity index (χ4v) is 6.58. The number of hydrogen-bond donors (Lipinski definition) is 0. The van der Waals surface area contributed by atoms with Crippen molar-refractivity contribution in [1.82, 2.24) is 14.5 Å². The van der Waals surface area contributed by atoms with E-state index >= 15 is 0 Å². The number of para-hydroxylation sites is 2. The van der Waals surface area contributed by atoms with Crippen molar-refractivity contribution in [2.75, 3.05) is 0 Å². The molecule has 5 aromatic carbocycles. The molecule has 40 heavy (non-hydrogen) atoms. The van der Waals surface area contributed by atoms with E-state index in [1.807, 2.05) is 6.07 Å². The third-order valence-electron chi connectivity index (χ3n) is 8.44. The van der Waals surface area contributed by atoms with Crippen molar-refractivity contribution in [3.8, 4) is 39.6 Å². The van der Waals surface area contributed by atoms with Crippen LogP contribution in [-0.4, -0.2) is 14.5 Å². The number of rotatable bonds is 2. The maximum absolute atomic E-state index is 5.32. The van der Waals surface area contributed by atoms with Gasteiger partial charge in [-0.25, -0.2) is 9.97 Å². The van der Waals surface area contributed by atoms with Gasteiger partial charge in [0.1, 0.15) is 0 Å². The highest BCUT2D eigenvalue weighted by atomic mass is 15.2. The average molecular weight is 514 g/mol. The van der Waals surface area contributed by atoms with E-state index in [0.29, 0.717) is 5.95 Å². The van der Waals surface area contributed by atoms with Gasteiger partial charge in [-0.15, -0.1) is 0 Å². The summed E-state index contributed by atoms with van der Waals surface area (Å²) in [6.45, 7) is 4.67. The van der Waals surface area contributed by atoms with Crippen LogP contribution >= 0.6 is 0 Å². The first-order valence-corrected chi connectivity index (χ1v) is 13.8. The van der Waals surface area contributed by atoms with Crippen LogP contribution in [0.25, 0.3) is 61.4 Å². The van der Waals surface area contributed by atoms with Gasteiger partial charge in [0.2, 0.25) is 5.95 Å². The fourth-order valence-electron chi connectivity index (χ4n) is 6.58. The molecule has 2 heterocycles. The summed E-state index contributed by atoms with van der Waals surface area (Å²) in [5.74, 6) is 0.682. The summed E-state index contributed by atoms with van der Waals surface area (Å²) in [6, 6.07) is 45.1. The molecular formula is C37H27N3. The molecule has 0 unspecified atom stereocenters. The van der Waals surface area contributed by atoms with Gasteiger partial charge >= 0.3 is 0 Å². The molecule has 1 aliphatic rings. The van der Waals surface area contributed by atoms with Gasteiger partial charge in [-0.05, 0) is 28.8 Å². The van der Waals surface area contributed by atoms with Crippen LogP contribution in [0.1, 0.15) is 25.0 Å². The van der Waals surface area contributed by atoms with E-state index in [1.54, 1.807) is 0 Å². The zero-order chi connectivity index (χ0) is 26.8. The molecule has 2 aromatic heterocycles. The highest BCUT2D eigenvalue weighted by molar-refractivity contribution is 6.08. The van der Waals surface area contributed by atoms with Crippen molar-refractivity contribution in [2.45, 2.75) is 19.3 Å². The van der Waals surface area contributed by atoms with Crippen molar-refractivity contribution < 1.29 is 0 Å². The van der Waals surface area contributed by atoms with Gasteiger partial charge in [-0.2, -0.15) is 0 Å². The summed E-state index contributed by atoms with van der Waals surface area (Å²) < 4.78 is 2.29. The summed E-state index contributed by atoms with van der Waals surface area (Å²) in [6.07, 6.45) is 0.